The molecule has 2 heterocycles. The Morgan fingerprint density at radius 2 is 2.24 bits per heavy atom. The maximum absolute atomic E-state index is 5.89. The number of fused-ring (bicyclic) bond motifs is 1. The molecule has 2 aromatic rings. The lowest BCUT2D eigenvalue weighted by Crippen LogP contribution is -2.05. The van der Waals surface area contributed by atoms with Crippen molar-refractivity contribution < 1.29 is 0 Å². The molecule has 0 aliphatic rings. The summed E-state index contributed by atoms with van der Waals surface area (Å²) in [6.45, 7) is 5.40. The fraction of sp³-hybridized carbons (Fsp3) is 0.500. The zero-order valence-electron chi connectivity index (χ0n) is 10.0. The van der Waals surface area contributed by atoms with Gasteiger partial charge in [0.15, 0.2) is 0 Å². The van der Waals surface area contributed by atoms with Crippen molar-refractivity contribution in [3.8, 4) is 0 Å². The van der Waals surface area contributed by atoms with Crippen molar-refractivity contribution in [2.75, 3.05) is 11.9 Å². The van der Waals surface area contributed by atoms with Crippen molar-refractivity contribution in [1.29, 1.82) is 0 Å². The van der Waals surface area contributed by atoms with Gasteiger partial charge in [-0.25, -0.2) is 9.97 Å². The molecule has 1 N–H and O–H groups in total. The molecule has 5 heteroatoms. The zero-order valence-corrected chi connectivity index (χ0v) is 11.6. The van der Waals surface area contributed by atoms with Gasteiger partial charge in [-0.2, -0.15) is 0 Å². The van der Waals surface area contributed by atoms with E-state index in [1.165, 1.54) is 6.42 Å². The molecule has 0 bridgehead atoms. The predicted molar refractivity (Wildman–Crippen MR) is 75.0 cm³/mol. The van der Waals surface area contributed by atoms with E-state index in [-0.39, 0.29) is 0 Å². The molecule has 0 fully saturated rings. The van der Waals surface area contributed by atoms with Gasteiger partial charge in [0, 0.05) is 6.54 Å². The quantitative estimate of drug-likeness (QED) is 0.653. The molecular formula is C12H16ClN3S. The Kier molecular flexibility index (Phi) is 4.18. The van der Waals surface area contributed by atoms with Crippen LogP contribution < -0.4 is 5.32 Å². The minimum absolute atomic E-state index is 0.311. The van der Waals surface area contributed by atoms with Crippen molar-refractivity contribution in [1.82, 2.24) is 9.97 Å². The van der Waals surface area contributed by atoms with Crippen LogP contribution in [0.1, 0.15) is 26.7 Å². The van der Waals surface area contributed by atoms with Crippen LogP contribution in [0.5, 0.6) is 0 Å². The van der Waals surface area contributed by atoms with Crippen LogP contribution in [0.3, 0.4) is 0 Å². The first-order valence-electron chi connectivity index (χ1n) is 5.81. The highest BCUT2D eigenvalue weighted by atomic mass is 35.5. The Bertz CT molecular complexity index is 495. The Labute approximate surface area is 110 Å². The third-order valence-corrected chi connectivity index (χ3v) is 3.52. The van der Waals surface area contributed by atoms with Gasteiger partial charge in [-0.15, -0.1) is 11.3 Å². The Hall–Kier alpha value is -0.870. The molecule has 92 valence electrons. The summed E-state index contributed by atoms with van der Waals surface area (Å²) in [4.78, 5) is 9.37. The first-order valence-corrected chi connectivity index (χ1v) is 7.07. The van der Waals surface area contributed by atoms with Gasteiger partial charge < -0.3 is 5.32 Å². The van der Waals surface area contributed by atoms with E-state index in [1.54, 1.807) is 11.3 Å². The van der Waals surface area contributed by atoms with Crippen LogP contribution in [-0.2, 0) is 0 Å². The second-order valence-electron chi connectivity index (χ2n) is 4.44. The molecule has 2 aromatic heterocycles. The molecule has 0 unspecified atom stereocenters. The lowest BCUT2D eigenvalue weighted by Gasteiger charge is -2.08. The Morgan fingerprint density at radius 3 is 3.00 bits per heavy atom. The fourth-order valence-corrected chi connectivity index (χ4v) is 2.66. The van der Waals surface area contributed by atoms with E-state index in [2.05, 4.69) is 29.1 Å². The molecule has 0 atom stereocenters. The molecule has 0 radical (unpaired) electrons. The summed E-state index contributed by atoms with van der Waals surface area (Å²) in [6, 6.07) is 2.03. The van der Waals surface area contributed by atoms with Gasteiger partial charge in [-0.3, -0.25) is 0 Å². The number of thiophene rings is 1. The smallest absolute Gasteiger partial charge is 0.225 e. The van der Waals surface area contributed by atoms with E-state index in [0.717, 1.165) is 34.9 Å². The fourth-order valence-electron chi connectivity index (χ4n) is 1.68. The normalized spacial score (nSPS) is 11.3. The highest BCUT2D eigenvalue weighted by molar-refractivity contribution is 7.16. The molecule has 0 saturated heterocycles. The zero-order chi connectivity index (χ0) is 12.3. The molecular weight excluding hydrogens is 254 g/mol. The van der Waals surface area contributed by atoms with Crippen molar-refractivity contribution >= 4 is 39.0 Å². The minimum Gasteiger partial charge on any atom is -0.369 e. The van der Waals surface area contributed by atoms with E-state index in [9.17, 15) is 0 Å². The molecule has 0 spiro atoms. The lowest BCUT2D eigenvalue weighted by molar-refractivity contribution is 0.567. The largest absolute Gasteiger partial charge is 0.369 e. The Morgan fingerprint density at radius 1 is 1.41 bits per heavy atom. The number of nitrogens with one attached hydrogen (secondary N) is 1. The molecule has 2 rings (SSSR count). The summed E-state index contributed by atoms with van der Waals surface area (Å²) < 4.78 is 0. The second-order valence-corrected chi connectivity index (χ2v) is 5.68. The van der Waals surface area contributed by atoms with Gasteiger partial charge >= 0.3 is 0 Å². The highest BCUT2D eigenvalue weighted by Crippen LogP contribution is 2.26. The molecule has 3 nitrogen and oxygen atoms in total. The van der Waals surface area contributed by atoms with Gasteiger partial charge in [0.2, 0.25) is 5.28 Å². The molecule has 0 amide bonds. The predicted octanol–water partition coefficient (Wildman–Crippen LogP) is 4.19. The van der Waals surface area contributed by atoms with Crippen LogP contribution in [0.2, 0.25) is 5.28 Å². The molecule has 0 aliphatic heterocycles. The Balaban J connectivity index is 2.04. The summed E-state index contributed by atoms with van der Waals surface area (Å²) in [7, 11) is 0. The van der Waals surface area contributed by atoms with Crippen LogP contribution in [0, 0.1) is 5.92 Å². The van der Waals surface area contributed by atoms with Crippen LogP contribution in [0.4, 0.5) is 5.82 Å². The van der Waals surface area contributed by atoms with Crippen LogP contribution in [0.15, 0.2) is 11.4 Å². The topological polar surface area (TPSA) is 37.8 Å². The summed E-state index contributed by atoms with van der Waals surface area (Å²) >= 11 is 7.47. The molecule has 17 heavy (non-hydrogen) atoms. The number of hydrogen-bond acceptors (Lipinski definition) is 4. The van der Waals surface area contributed by atoms with E-state index in [1.807, 2.05) is 11.4 Å². The lowest BCUT2D eigenvalue weighted by atomic mass is 10.1. The maximum atomic E-state index is 5.89. The summed E-state index contributed by atoms with van der Waals surface area (Å²) in [5, 5.41) is 6.72. The third-order valence-electron chi connectivity index (χ3n) is 2.55. The SMILES string of the molecule is CC(C)CCCNc1nc(Cl)nc2sccc12. The molecule has 0 saturated carbocycles. The number of halogens is 1. The van der Waals surface area contributed by atoms with Crippen molar-refractivity contribution in [2.24, 2.45) is 5.92 Å². The van der Waals surface area contributed by atoms with Crippen molar-refractivity contribution in [3.05, 3.63) is 16.7 Å². The average molecular weight is 270 g/mol. The number of aromatic nitrogens is 2. The number of rotatable bonds is 5. The van der Waals surface area contributed by atoms with Gasteiger partial charge in [-0.05, 0) is 41.8 Å². The highest BCUT2D eigenvalue weighted by Gasteiger charge is 2.07. The van der Waals surface area contributed by atoms with Crippen LogP contribution >= 0.6 is 22.9 Å². The average Bonchev–Trinajstić information content (AvgIpc) is 2.71. The van der Waals surface area contributed by atoms with Crippen LogP contribution in [0.25, 0.3) is 10.2 Å². The third kappa shape index (κ3) is 3.30. The van der Waals surface area contributed by atoms with Gasteiger partial charge in [-0.1, -0.05) is 13.8 Å². The maximum Gasteiger partial charge on any atom is 0.225 e. The van der Waals surface area contributed by atoms with Crippen LogP contribution in [-0.4, -0.2) is 16.5 Å². The number of anilines is 1. The first kappa shape index (κ1) is 12.6. The standard InChI is InChI=1S/C12H16ClN3S/c1-8(2)4-3-6-14-10-9-5-7-17-11(9)16-12(13)15-10/h5,7-8H,3-4,6H2,1-2H3,(H,14,15,16). The monoisotopic (exact) mass is 269 g/mol. The molecule has 0 aromatic carbocycles. The summed E-state index contributed by atoms with van der Waals surface area (Å²) in [5.41, 5.74) is 0. The number of nitrogens with zero attached hydrogens (tertiary/aromatic N) is 2. The summed E-state index contributed by atoms with van der Waals surface area (Å²) in [5.74, 6) is 1.59. The number of hydrogen-bond donors (Lipinski definition) is 1. The van der Waals surface area contributed by atoms with Crippen molar-refractivity contribution in [3.63, 3.8) is 0 Å². The minimum atomic E-state index is 0.311. The van der Waals surface area contributed by atoms with E-state index >= 15 is 0 Å². The van der Waals surface area contributed by atoms with Gasteiger partial charge in [0.1, 0.15) is 10.6 Å². The summed E-state index contributed by atoms with van der Waals surface area (Å²) in [6.07, 6.45) is 2.36. The molecule has 0 aliphatic carbocycles. The van der Waals surface area contributed by atoms with E-state index in [0.29, 0.717) is 5.28 Å². The van der Waals surface area contributed by atoms with Gasteiger partial charge in [0.25, 0.3) is 0 Å². The van der Waals surface area contributed by atoms with E-state index in [4.69, 9.17) is 11.6 Å². The second kappa shape index (κ2) is 5.65. The first-order chi connectivity index (χ1) is 8.16. The van der Waals surface area contributed by atoms with Gasteiger partial charge in [0.05, 0.1) is 5.39 Å². The van der Waals surface area contributed by atoms with E-state index < -0.39 is 0 Å². The van der Waals surface area contributed by atoms with Crippen molar-refractivity contribution in [2.45, 2.75) is 26.7 Å².